The summed E-state index contributed by atoms with van der Waals surface area (Å²) in [4.78, 5) is 13.6. The Bertz CT molecular complexity index is 289. The van der Waals surface area contributed by atoms with E-state index in [-0.39, 0.29) is 0 Å². The lowest BCUT2D eigenvalue weighted by atomic mass is 10.1. The van der Waals surface area contributed by atoms with Crippen LogP contribution in [0.15, 0.2) is 24.5 Å². The second kappa shape index (κ2) is 3.95. The van der Waals surface area contributed by atoms with Crippen molar-refractivity contribution in [1.82, 2.24) is 4.98 Å². The lowest BCUT2D eigenvalue weighted by Crippen LogP contribution is -2.23. The SMILES string of the molecule is C[C@@H]([C@@H](O)c1cccnc1)[N+](=O)[O-]. The number of aromatic nitrogens is 1. The molecule has 13 heavy (non-hydrogen) atoms. The van der Waals surface area contributed by atoms with E-state index in [0.717, 1.165) is 0 Å². The molecule has 70 valence electrons. The molecule has 0 aliphatic heterocycles. The van der Waals surface area contributed by atoms with Crippen LogP contribution in [0.2, 0.25) is 0 Å². The molecule has 0 aliphatic rings. The van der Waals surface area contributed by atoms with E-state index in [1.165, 1.54) is 13.1 Å². The van der Waals surface area contributed by atoms with Gasteiger partial charge in [0.1, 0.15) is 6.10 Å². The molecule has 0 fully saturated rings. The van der Waals surface area contributed by atoms with Crippen LogP contribution in [0.3, 0.4) is 0 Å². The van der Waals surface area contributed by atoms with Crippen LogP contribution in [-0.4, -0.2) is 21.1 Å². The molecule has 0 saturated heterocycles. The fraction of sp³-hybridized carbons (Fsp3) is 0.375. The maximum absolute atomic E-state index is 10.3. The zero-order valence-corrected chi connectivity index (χ0v) is 7.12. The van der Waals surface area contributed by atoms with Gasteiger partial charge < -0.3 is 5.11 Å². The van der Waals surface area contributed by atoms with Gasteiger partial charge in [0.05, 0.1) is 0 Å². The predicted octanol–water partition coefficient (Wildman–Crippen LogP) is 0.780. The number of hydrogen-bond donors (Lipinski definition) is 1. The maximum atomic E-state index is 10.3. The van der Waals surface area contributed by atoms with Gasteiger partial charge in [0.15, 0.2) is 0 Å². The van der Waals surface area contributed by atoms with E-state index in [9.17, 15) is 15.2 Å². The quantitative estimate of drug-likeness (QED) is 0.553. The Labute approximate surface area is 75.2 Å². The van der Waals surface area contributed by atoms with E-state index < -0.39 is 17.1 Å². The summed E-state index contributed by atoms with van der Waals surface area (Å²) in [6, 6.07) is 2.23. The van der Waals surface area contributed by atoms with Crippen molar-refractivity contribution in [2.75, 3.05) is 0 Å². The molecule has 0 spiro atoms. The fourth-order valence-electron chi connectivity index (χ4n) is 0.945. The highest BCUT2D eigenvalue weighted by Gasteiger charge is 2.25. The number of nitrogens with zero attached hydrogens (tertiary/aromatic N) is 2. The molecule has 0 unspecified atom stereocenters. The molecule has 1 heterocycles. The zero-order valence-electron chi connectivity index (χ0n) is 7.12. The summed E-state index contributed by atoms with van der Waals surface area (Å²) in [5.74, 6) is 0. The van der Waals surface area contributed by atoms with Gasteiger partial charge in [-0.25, -0.2) is 0 Å². The zero-order chi connectivity index (χ0) is 9.84. The largest absolute Gasteiger partial charge is 0.381 e. The summed E-state index contributed by atoms with van der Waals surface area (Å²) in [6.45, 7) is 1.36. The predicted molar refractivity (Wildman–Crippen MR) is 45.7 cm³/mol. The Morgan fingerprint density at radius 2 is 2.38 bits per heavy atom. The third-order valence-electron chi connectivity index (χ3n) is 1.82. The Kier molecular flexibility index (Phi) is 2.92. The van der Waals surface area contributed by atoms with Crippen molar-refractivity contribution < 1.29 is 10.0 Å². The first kappa shape index (κ1) is 9.60. The third-order valence-corrected chi connectivity index (χ3v) is 1.82. The summed E-state index contributed by atoms with van der Waals surface area (Å²) in [5, 5.41) is 19.8. The van der Waals surface area contributed by atoms with E-state index in [1.54, 1.807) is 18.3 Å². The molecule has 0 aliphatic carbocycles. The van der Waals surface area contributed by atoms with E-state index >= 15 is 0 Å². The lowest BCUT2D eigenvalue weighted by molar-refractivity contribution is -0.531. The highest BCUT2D eigenvalue weighted by molar-refractivity contribution is 5.12. The van der Waals surface area contributed by atoms with Crippen LogP contribution < -0.4 is 0 Å². The summed E-state index contributed by atoms with van der Waals surface area (Å²) in [5.41, 5.74) is 0.465. The Balaban J connectivity index is 2.79. The van der Waals surface area contributed by atoms with Gasteiger partial charge in [-0.3, -0.25) is 15.1 Å². The van der Waals surface area contributed by atoms with Crippen LogP contribution in [0.4, 0.5) is 0 Å². The molecule has 0 bridgehead atoms. The molecule has 2 atom stereocenters. The summed E-state index contributed by atoms with van der Waals surface area (Å²) < 4.78 is 0. The third kappa shape index (κ3) is 2.22. The van der Waals surface area contributed by atoms with Gasteiger partial charge >= 0.3 is 0 Å². The molecule has 5 heteroatoms. The van der Waals surface area contributed by atoms with Crippen molar-refractivity contribution in [2.24, 2.45) is 0 Å². The molecule has 1 rings (SSSR count). The number of aliphatic hydroxyl groups is 1. The first-order chi connectivity index (χ1) is 6.13. The summed E-state index contributed by atoms with van der Waals surface area (Å²) in [6.07, 6.45) is 1.88. The minimum absolute atomic E-state index is 0.465. The van der Waals surface area contributed by atoms with E-state index in [4.69, 9.17) is 0 Å². The molecule has 1 N–H and O–H groups in total. The Morgan fingerprint density at radius 1 is 1.69 bits per heavy atom. The standard InChI is InChI=1S/C8H10N2O3/c1-6(10(12)13)8(11)7-3-2-4-9-5-7/h2-6,8,11H,1H3/t6-,8+/m0/s1. The molecule has 1 aromatic heterocycles. The molecule has 0 radical (unpaired) electrons. The smallest absolute Gasteiger partial charge is 0.240 e. The monoisotopic (exact) mass is 182 g/mol. The highest BCUT2D eigenvalue weighted by atomic mass is 16.6. The van der Waals surface area contributed by atoms with Crippen LogP contribution in [0.25, 0.3) is 0 Å². The van der Waals surface area contributed by atoms with Gasteiger partial charge in [-0.15, -0.1) is 0 Å². The van der Waals surface area contributed by atoms with E-state index in [2.05, 4.69) is 4.98 Å². The molecule has 5 nitrogen and oxygen atoms in total. The molecule has 0 amide bonds. The first-order valence-electron chi connectivity index (χ1n) is 3.84. The van der Waals surface area contributed by atoms with Gasteiger partial charge in [0.25, 0.3) is 0 Å². The average Bonchev–Trinajstić information content (AvgIpc) is 2.17. The molecule has 1 aromatic rings. The fourth-order valence-corrected chi connectivity index (χ4v) is 0.945. The van der Waals surface area contributed by atoms with Crippen molar-refractivity contribution in [3.05, 3.63) is 40.2 Å². The van der Waals surface area contributed by atoms with Gasteiger partial charge in [0, 0.05) is 29.8 Å². The molecule has 0 saturated carbocycles. The van der Waals surface area contributed by atoms with Crippen molar-refractivity contribution in [1.29, 1.82) is 0 Å². The second-order valence-corrected chi connectivity index (χ2v) is 2.76. The van der Waals surface area contributed by atoms with Crippen molar-refractivity contribution >= 4 is 0 Å². The van der Waals surface area contributed by atoms with Crippen LogP contribution in [0.1, 0.15) is 18.6 Å². The topological polar surface area (TPSA) is 76.3 Å². The van der Waals surface area contributed by atoms with Crippen LogP contribution in [-0.2, 0) is 0 Å². The first-order valence-corrected chi connectivity index (χ1v) is 3.84. The van der Waals surface area contributed by atoms with Crippen LogP contribution >= 0.6 is 0 Å². The Morgan fingerprint density at radius 3 is 2.85 bits per heavy atom. The minimum Gasteiger partial charge on any atom is -0.381 e. The van der Waals surface area contributed by atoms with E-state index in [0.29, 0.717) is 5.56 Å². The summed E-state index contributed by atoms with van der Waals surface area (Å²) >= 11 is 0. The van der Waals surface area contributed by atoms with Gasteiger partial charge in [-0.1, -0.05) is 6.07 Å². The molecular formula is C8H10N2O3. The van der Waals surface area contributed by atoms with Crippen LogP contribution in [0, 0.1) is 10.1 Å². The average molecular weight is 182 g/mol. The van der Waals surface area contributed by atoms with Gasteiger partial charge in [-0.2, -0.15) is 0 Å². The van der Waals surface area contributed by atoms with Crippen molar-refractivity contribution in [2.45, 2.75) is 19.1 Å². The maximum Gasteiger partial charge on any atom is 0.240 e. The van der Waals surface area contributed by atoms with Gasteiger partial charge in [-0.05, 0) is 6.07 Å². The van der Waals surface area contributed by atoms with Crippen molar-refractivity contribution in [3.63, 3.8) is 0 Å². The number of aliphatic hydroxyl groups excluding tert-OH is 1. The normalized spacial score (nSPS) is 14.9. The number of rotatable bonds is 3. The minimum atomic E-state index is -1.09. The lowest BCUT2D eigenvalue weighted by Gasteiger charge is -2.11. The number of nitro groups is 1. The summed E-state index contributed by atoms with van der Waals surface area (Å²) in [7, 11) is 0. The van der Waals surface area contributed by atoms with Crippen molar-refractivity contribution in [3.8, 4) is 0 Å². The van der Waals surface area contributed by atoms with E-state index in [1.807, 2.05) is 0 Å². The van der Waals surface area contributed by atoms with Crippen LogP contribution in [0.5, 0.6) is 0 Å². The van der Waals surface area contributed by atoms with Gasteiger partial charge in [0.2, 0.25) is 6.04 Å². The number of pyridine rings is 1. The second-order valence-electron chi connectivity index (χ2n) is 2.76. The number of hydrogen-bond acceptors (Lipinski definition) is 4. The highest BCUT2D eigenvalue weighted by Crippen LogP contribution is 2.16. The Hall–Kier alpha value is -1.49. The molecule has 0 aromatic carbocycles. The molecular weight excluding hydrogens is 172 g/mol.